The van der Waals surface area contributed by atoms with E-state index in [4.69, 9.17) is 0 Å². The normalized spacial score (nSPS) is 13.6. The number of aliphatic imine (C=N–C) groups is 2. The van der Waals surface area contributed by atoms with Crippen molar-refractivity contribution in [2.45, 2.75) is 27.3 Å². The molecule has 148 valence electrons. The van der Waals surface area contributed by atoms with Gasteiger partial charge in [-0.1, -0.05) is 36.4 Å². The van der Waals surface area contributed by atoms with E-state index in [1.165, 1.54) is 4.68 Å². The lowest BCUT2D eigenvalue weighted by Crippen LogP contribution is -2.36. The molecule has 1 aromatic heterocycles. The van der Waals surface area contributed by atoms with Crippen molar-refractivity contribution in [3.05, 3.63) is 59.3 Å². The van der Waals surface area contributed by atoms with Crippen LogP contribution in [0.25, 0.3) is 0 Å². The molecule has 3 rings (SSSR count). The maximum Gasteiger partial charge on any atom is 0.314 e. The highest BCUT2D eigenvalue weighted by molar-refractivity contribution is 6.39. The van der Waals surface area contributed by atoms with Gasteiger partial charge in [0.15, 0.2) is 0 Å². The summed E-state index contributed by atoms with van der Waals surface area (Å²) in [4.78, 5) is 44.4. The Morgan fingerprint density at radius 1 is 1.07 bits per heavy atom. The summed E-state index contributed by atoms with van der Waals surface area (Å²) in [5.41, 5.74) is 3.12. The molecule has 0 unspecified atom stereocenters. The van der Waals surface area contributed by atoms with Crippen molar-refractivity contribution < 1.29 is 14.4 Å². The number of carbonyl (C=O) groups excluding carboxylic acids is 3. The molecule has 0 bridgehead atoms. The van der Waals surface area contributed by atoms with Crippen molar-refractivity contribution in [1.29, 1.82) is 0 Å². The first-order chi connectivity index (χ1) is 13.7. The van der Waals surface area contributed by atoms with Gasteiger partial charge in [-0.3, -0.25) is 14.4 Å². The second-order valence-corrected chi connectivity index (χ2v) is 6.60. The smallest absolute Gasteiger partial charge is 0.314 e. The number of hydrogen-bond donors (Lipinski definition) is 2. The van der Waals surface area contributed by atoms with Crippen LogP contribution in [-0.4, -0.2) is 39.2 Å². The Morgan fingerprint density at radius 3 is 2.41 bits per heavy atom. The van der Waals surface area contributed by atoms with Gasteiger partial charge in [0.2, 0.25) is 0 Å². The second-order valence-electron chi connectivity index (χ2n) is 6.60. The highest BCUT2D eigenvalue weighted by Gasteiger charge is 2.22. The number of amides is 3. The summed E-state index contributed by atoms with van der Waals surface area (Å²) in [7, 11) is 0. The van der Waals surface area contributed by atoms with E-state index in [1.54, 1.807) is 19.9 Å². The Hall–Kier alpha value is -3.88. The Labute approximate surface area is 167 Å². The number of anilines is 1. The second kappa shape index (κ2) is 8.01. The number of nitrogens with one attached hydrogen (secondary N) is 2. The van der Waals surface area contributed by atoms with Crippen LogP contribution >= 0.6 is 0 Å². The average Bonchev–Trinajstić information content (AvgIpc) is 3.05. The summed E-state index contributed by atoms with van der Waals surface area (Å²) in [6.07, 6.45) is 0. The molecule has 0 aliphatic carbocycles. The largest absolute Gasteiger partial charge is 0.344 e. The molecule has 9 heteroatoms. The molecule has 0 spiro atoms. The molecule has 2 aromatic rings. The molecule has 3 amide bonds. The SMILES string of the molecule is C=C1C(=O)N=C(n2nc(C)cc2NC(=O)C(=O)NCc2ccc(C)cc2)N=C1C. The number of nitrogens with zero attached hydrogens (tertiary/aromatic N) is 4. The molecule has 0 radical (unpaired) electrons. The fraction of sp³-hybridized carbons (Fsp3) is 0.200. The van der Waals surface area contributed by atoms with Gasteiger partial charge >= 0.3 is 11.8 Å². The molecule has 1 aliphatic rings. The van der Waals surface area contributed by atoms with Crippen LogP contribution in [-0.2, 0) is 20.9 Å². The Morgan fingerprint density at radius 2 is 1.76 bits per heavy atom. The standard InChI is InChI=1S/C20H20N6O3/c1-11-5-7-15(8-6-11)10-21-18(28)19(29)23-16-9-12(2)25-26(16)20-22-14(4)13(3)17(27)24-20/h5-9H,3,10H2,1-2,4H3,(H,21,28)(H,23,29). The lowest BCUT2D eigenvalue weighted by atomic mass is 10.1. The molecule has 0 atom stereocenters. The fourth-order valence-corrected chi connectivity index (χ4v) is 2.53. The van der Waals surface area contributed by atoms with Gasteiger partial charge in [0.25, 0.3) is 11.9 Å². The van der Waals surface area contributed by atoms with E-state index in [0.717, 1.165) is 11.1 Å². The first-order valence-electron chi connectivity index (χ1n) is 8.84. The van der Waals surface area contributed by atoms with Crippen LogP contribution in [0.3, 0.4) is 0 Å². The van der Waals surface area contributed by atoms with E-state index in [9.17, 15) is 14.4 Å². The quantitative estimate of drug-likeness (QED) is 0.608. The highest BCUT2D eigenvalue weighted by Crippen LogP contribution is 2.14. The molecule has 0 fully saturated rings. The molecule has 0 saturated carbocycles. The Kier molecular flexibility index (Phi) is 5.49. The van der Waals surface area contributed by atoms with Crippen LogP contribution in [0.4, 0.5) is 5.82 Å². The highest BCUT2D eigenvalue weighted by atomic mass is 16.2. The van der Waals surface area contributed by atoms with Gasteiger partial charge in [-0.25, -0.2) is 4.99 Å². The molecule has 1 aromatic carbocycles. The maximum atomic E-state index is 12.3. The predicted octanol–water partition coefficient (Wildman–Crippen LogP) is 1.52. The van der Waals surface area contributed by atoms with Crippen molar-refractivity contribution >= 4 is 35.2 Å². The summed E-state index contributed by atoms with van der Waals surface area (Å²) in [6.45, 7) is 9.12. The number of aryl methyl sites for hydroxylation is 2. The topological polar surface area (TPSA) is 118 Å². The number of aromatic nitrogens is 2. The summed E-state index contributed by atoms with van der Waals surface area (Å²) in [5, 5.41) is 9.23. The van der Waals surface area contributed by atoms with Crippen LogP contribution in [0.2, 0.25) is 0 Å². The van der Waals surface area contributed by atoms with Gasteiger partial charge in [-0.2, -0.15) is 14.8 Å². The predicted molar refractivity (Wildman–Crippen MR) is 109 cm³/mol. The summed E-state index contributed by atoms with van der Waals surface area (Å²) >= 11 is 0. The molecular formula is C20H20N6O3. The fourth-order valence-electron chi connectivity index (χ4n) is 2.53. The Bertz CT molecular complexity index is 1080. The Balaban J connectivity index is 1.72. The van der Waals surface area contributed by atoms with Gasteiger partial charge in [-0.15, -0.1) is 0 Å². The van der Waals surface area contributed by atoms with Crippen molar-refractivity contribution in [1.82, 2.24) is 15.1 Å². The number of hydrogen-bond acceptors (Lipinski definition) is 5. The van der Waals surface area contributed by atoms with Crippen molar-refractivity contribution in [2.75, 3.05) is 5.32 Å². The van der Waals surface area contributed by atoms with E-state index in [0.29, 0.717) is 11.4 Å². The zero-order valence-electron chi connectivity index (χ0n) is 16.3. The lowest BCUT2D eigenvalue weighted by molar-refractivity contribution is -0.136. The van der Waals surface area contributed by atoms with Crippen LogP contribution in [0.1, 0.15) is 23.7 Å². The first-order valence-corrected chi connectivity index (χ1v) is 8.84. The van der Waals surface area contributed by atoms with Crippen molar-refractivity contribution in [2.24, 2.45) is 9.98 Å². The van der Waals surface area contributed by atoms with Gasteiger partial charge in [0, 0.05) is 12.6 Å². The van der Waals surface area contributed by atoms with Gasteiger partial charge in [0.1, 0.15) is 5.82 Å². The minimum Gasteiger partial charge on any atom is -0.344 e. The van der Waals surface area contributed by atoms with Gasteiger partial charge in [0.05, 0.1) is 17.0 Å². The molecule has 2 heterocycles. The number of carbonyl (C=O) groups is 3. The third kappa shape index (κ3) is 4.52. The van der Waals surface area contributed by atoms with Crippen molar-refractivity contribution in [3.63, 3.8) is 0 Å². The van der Waals surface area contributed by atoms with Crippen LogP contribution in [0.15, 0.2) is 52.5 Å². The minimum atomic E-state index is -0.869. The summed E-state index contributed by atoms with van der Waals surface area (Å²) in [5.74, 6) is -2.04. The van der Waals surface area contributed by atoms with E-state index in [1.807, 2.05) is 31.2 Å². The number of rotatable bonds is 3. The van der Waals surface area contributed by atoms with E-state index >= 15 is 0 Å². The van der Waals surface area contributed by atoms with Crippen LogP contribution in [0.5, 0.6) is 0 Å². The number of benzene rings is 1. The van der Waals surface area contributed by atoms with Crippen LogP contribution in [0, 0.1) is 13.8 Å². The van der Waals surface area contributed by atoms with Gasteiger partial charge < -0.3 is 10.6 Å². The third-order valence-electron chi connectivity index (χ3n) is 4.21. The zero-order chi connectivity index (χ0) is 21.1. The van der Waals surface area contributed by atoms with E-state index in [-0.39, 0.29) is 23.9 Å². The average molecular weight is 392 g/mol. The monoisotopic (exact) mass is 392 g/mol. The first kappa shape index (κ1) is 19.9. The molecule has 2 N–H and O–H groups in total. The van der Waals surface area contributed by atoms with E-state index in [2.05, 4.69) is 32.3 Å². The summed E-state index contributed by atoms with van der Waals surface area (Å²) < 4.78 is 1.20. The lowest BCUT2D eigenvalue weighted by Gasteiger charge is -2.12. The maximum absolute atomic E-state index is 12.3. The molecule has 9 nitrogen and oxygen atoms in total. The van der Waals surface area contributed by atoms with Crippen LogP contribution < -0.4 is 10.6 Å². The third-order valence-corrected chi connectivity index (χ3v) is 4.21. The molecule has 0 saturated heterocycles. The molecular weight excluding hydrogens is 372 g/mol. The molecule has 29 heavy (non-hydrogen) atoms. The summed E-state index contributed by atoms with van der Waals surface area (Å²) in [6, 6.07) is 9.14. The zero-order valence-corrected chi connectivity index (χ0v) is 16.3. The van der Waals surface area contributed by atoms with Crippen molar-refractivity contribution in [3.8, 4) is 0 Å². The van der Waals surface area contributed by atoms with E-state index < -0.39 is 17.7 Å². The van der Waals surface area contributed by atoms with Gasteiger partial charge in [-0.05, 0) is 26.3 Å². The molecule has 1 aliphatic heterocycles. The minimum absolute atomic E-state index is 0.0108.